The summed E-state index contributed by atoms with van der Waals surface area (Å²) in [5.41, 5.74) is 11.5. The Labute approximate surface area is 276 Å². The van der Waals surface area contributed by atoms with E-state index in [0.29, 0.717) is 11.8 Å². The summed E-state index contributed by atoms with van der Waals surface area (Å²) in [6.45, 7) is 7.07. The van der Waals surface area contributed by atoms with Crippen LogP contribution in [-0.2, 0) is 17.1 Å². The molecule has 0 bridgehead atoms. The Hall–Kier alpha value is -1.39. The van der Waals surface area contributed by atoms with Crippen molar-refractivity contribution in [2.75, 3.05) is 0 Å². The van der Waals surface area contributed by atoms with Gasteiger partial charge in [-0.05, 0) is 0 Å². The molecular weight excluding hydrogens is 781 g/mol. The summed E-state index contributed by atoms with van der Waals surface area (Å²) >= 11 is 8.63. The molecule has 4 aliphatic rings. The monoisotopic (exact) mass is 818 g/mol. The minimum atomic E-state index is -3.90. The fourth-order valence-corrected chi connectivity index (χ4v) is 34.0. The molecule has 4 aliphatic carbocycles. The number of allylic oxidation sites excluding steroid dienone is 16. The van der Waals surface area contributed by atoms with Gasteiger partial charge in [-0.15, -0.1) is 24.8 Å². The van der Waals surface area contributed by atoms with Gasteiger partial charge in [-0.25, -0.2) is 0 Å². The molecule has 6 heteroatoms. The van der Waals surface area contributed by atoms with Crippen LogP contribution in [-0.4, -0.2) is 6.94 Å². The molecule has 0 saturated carbocycles. The van der Waals surface area contributed by atoms with Gasteiger partial charge in [0, 0.05) is 0 Å². The predicted octanol–water partition coefficient (Wildman–Crippen LogP) is 11.2. The van der Waals surface area contributed by atoms with Crippen molar-refractivity contribution in [2.45, 2.75) is 47.9 Å². The van der Waals surface area contributed by atoms with Gasteiger partial charge >= 0.3 is 254 Å². The molecule has 0 fully saturated rings. The average Bonchev–Trinajstić information content (AvgIpc) is 3.25. The molecule has 0 N–H and O–H groups in total. The van der Waals surface area contributed by atoms with Gasteiger partial charge in [0.05, 0.1) is 0 Å². The minimum Gasteiger partial charge on any atom is -0.147 e. The van der Waals surface area contributed by atoms with Crippen LogP contribution in [0.15, 0.2) is 137 Å². The average molecular weight is 819 g/mol. The molecular formula is C36H38Cl4HfSi. The van der Waals surface area contributed by atoms with Crippen molar-refractivity contribution < 1.29 is 17.1 Å². The maximum atomic E-state index is 6.26. The maximum Gasteiger partial charge on any atom is -0.147 e. The summed E-state index contributed by atoms with van der Waals surface area (Å²) < 4.78 is 8.63. The van der Waals surface area contributed by atoms with Crippen LogP contribution in [0.25, 0.3) is 0 Å². The first kappa shape index (κ1) is 33.5. The van der Waals surface area contributed by atoms with E-state index >= 15 is 0 Å². The van der Waals surface area contributed by atoms with Gasteiger partial charge in [0.25, 0.3) is 0 Å². The standard InChI is InChI=1S/2C17H14Cl.2CH3.2ClH.Hf.H2Si/c2*1-12-10-14-4-2-3-5-16(17(14)11-12)13-6-8-15(18)9-7-13;;;;;;/h2*2-4,6-9,11,16H,5H2,1H3;2*1H3;2*1H;;1H2. The minimum absolute atomic E-state index is 0. The molecule has 2 atom stereocenters. The number of halogens is 4. The number of benzene rings is 2. The fourth-order valence-electron chi connectivity index (χ4n) is 7.70. The Morgan fingerprint density at radius 3 is 1.36 bits per heavy atom. The molecule has 2 aromatic carbocycles. The summed E-state index contributed by atoms with van der Waals surface area (Å²) in [6.07, 6.45) is 21.1. The molecule has 0 aromatic heterocycles. The second-order valence-electron chi connectivity index (χ2n) is 12.7. The quantitative estimate of drug-likeness (QED) is 0.270. The third-order valence-electron chi connectivity index (χ3n) is 9.13. The zero-order valence-electron chi connectivity index (χ0n) is 24.6. The Morgan fingerprint density at radius 2 is 1.00 bits per heavy atom. The topological polar surface area (TPSA) is 0 Å². The van der Waals surface area contributed by atoms with Gasteiger partial charge in [-0.1, -0.05) is 0 Å². The molecule has 0 saturated heterocycles. The SMILES string of the molecule is CC1=[C]([Hf]([CH3])([CH3])(=[SiH2])[C]2=C(C)C=C3C2=CC=CCC3c2ccc(Cl)cc2)C2=CC=CCC(c3ccc(Cl)cc3)C2=C1.Cl.Cl. The van der Waals surface area contributed by atoms with E-state index in [1.54, 1.807) is 6.66 Å². The predicted molar refractivity (Wildman–Crippen MR) is 188 cm³/mol. The zero-order valence-corrected chi connectivity index (χ0v) is 32.7. The third-order valence-corrected chi connectivity index (χ3v) is 31.7. The van der Waals surface area contributed by atoms with Crippen molar-refractivity contribution in [3.63, 3.8) is 0 Å². The molecule has 0 nitrogen and oxygen atoms in total. The number of hydrogen-bond acceptors (Lipinski definition) is 0. The maximum absolute atomic E-state index is 6.26. The molecule has 0 aliphatic heterocycles. The fraction of sp³-hybridized carbons (Fsp3) is 0.222. The summed E-state index contributed by atoms with van der Waals surface area (Å²) in [5, 5.41) is 1.58. The van der Waals surface area contributed by atoms with Crippen LogP contribution in [0.5, 0.6) is 0 Å². The van der Waals surface area contributed by atoms with E-state index < -0.39 is 17.1 Å². The summed E-state index contributed by atoms with van der Waals surface area (Å²) in [7, 11) is 0. The third kappa shape index (κ3) is 5.85. The molecule has 0 heterocycles. The van der Waals surface area contributed by atoms with Crippen molar-refractivity contribution in [2.24, 2.45) is 0 Å². The molecule has 0 spiro atoms. The van der Waals surface area contributed by atoms with E-state index in [2.05, 4.69) is 103 Å². The molecule has 42 heavy (non-hydrogen) atoms. The van der Waals surface area contributed by atoms with Crippen LogP contribution in [0, 0.1) is 0 Å². The van der Waals surface area contributed by atoms with Crippen LogP contribution < -0.4 is 0 Å². The molecule has 6 rings (SSSR count). The molecule has 2 aromatic rings. The van der Waals surface area contributed by atoms with Gasteiger partial charge in [-0.2, -0.15) is 0 Å². The van der Waals surface area contributed by atoms with E-state index in [1.807, 2.05) is 24.3 Å². The van der Waals surface area contributed by atoms with Crippen LogP contribution >= 0.6 is 48.0 Å². The van der Waals surface area contributed by atoms with Crippen molar-refractivity contribution in [3.8, 4) is 0 Å². The summed E-state index contributed by atoms with van der Waals surface area (Å²) in [4.78, 5) is 0. The Kier molecular flexibility index (Phi) is 10.0. The Balaban J connectivity index is 0.00000202. The van der Waals surface area contributed by atoms with E-state index in [1.165, 1.54) is 44.6 Å². The molecule has 218 valence electrons. The zero-order chi connectivity index (χ0) is 28.3. The number of rotatable bonds is 4. The van der Waals surface area contributed by atoms with E-state index in [0.717, 1.165) is 22.9 Å². The number of hydrogen-bond donors (Lipinski definition) is 0. The van der Waals surface area contributed by atoms with Crippen molar-refractivity contribution >= 4 is 55.0 Å². The van der Waals surface area contributed by atoms with E-state index in [-0.39, 0.29) is 24.8 Å². The number of fused-ring (bicyclic) bond motifs is 2. The first-order chi connectivity index (χ1) is 19.0. The van der Waals surface area contributed by atoms with Crippen LogP contribution in [0.4, 0.5) is 0 Å². The van der Waals surface area contributed by atoms with Gasteiger partial charge in [0.15, 0.2) is 0 Å². The van der Waals surface area contributed by atoms with Gasteiger partial charge in [-0.3, -0.25) is 0 Å². The molecule has 2 unspecified atom stereocenters. The van der Waals surface area contributed by atoms with Crippen LogP contribution in [0.2, 0.25) is 19.4 Å². The smallest absolute Gasteiger partial charge is 0.147 e. The largest absolute Gasteiger partial charge is 0.147 e. The van der Waals surface area contributed by atoms with Crippen molar-refractivity contribution in [1.29, 1.82) is 0 Å². The first-order valence-electron chi connectivity index (χ1n) is 14.2. The van der Waals surface area contributed by atoms with Crippen LogP contribution in [0.1, 0.15) is 49.7 Å². The van der Waals surface area contributed by atoms with Crippen molar-refractivity contribution in [3.05, 3.63) is 158 Å². The first-order valence-corrected chi connectivity index (χ1v) is 34.1. The van der Waals surface area contributed by atoms with E-state index in [4.69, 9.17) is 23.2 Å². The van der Waals surface area contributed by atoms with Crippen molar-refractivity contribution in [1.82, 2.24) is 0 Å². The molecule has 0 amide bonds. The molecule has 0 radical (unpaired) electrons. The Morgan fingerprint density at radius 1 is 0.643 bits per heavy atom. The van der Waals surface area contributed by atoms with E-state index in [9.17, 15) is 0 Å². The van der Waals surface area contributed by atoms with Gasteiger partial charge in [0.2, 0.25) is 0 Å². The second kappa shape index (κ2) is 12.5. The Bertz CT molecular complexity index is 1610. The van der Waals surface area contributed by atoms with Gasteiger partial charge in [0.1, 0.15) is 0 Å². The van der Waals surface area contributed by atoms with Gasteiger partial charge < -0.3 is 0 Å². The van der Waals surface area contributed by atoms with Crippen LogP contribution in [0.3, 0.4) is 0 Å². The normalized spacial score (nSPS) is 21.7. The summed E-state index contributed by atoms with van der Waals surface area (Å²) in [6, 6.07) is 16.9. The second-order valence-corrected chi connectivity index (χ2v) is 53.8. The summed E-state index contributed by atoms with van der Waals surface area (Å²) in [5.74, 6) is 0.680.